The van der Waals surface area contributed by atoms with Gasteiger partial charge in [-0.15, -0.1) is 0 Å². The van der Waals surface area contributed by atoms with Crippen LogP contribution < -0.4 is 4.74 Å². The molecule has 0 spiro atoms. The molecule has 1 saturated heterocycles. The molecule has 0 atom stereocenters. The van der Waals surface area contributed by atoms with Crippen LogP contribution in [0, 0.1) is 19.8 Å². The molecular formula is C19H28N2O2. The smallest absolute Gasteiger partial charge is 0.260 e. The number of hydrogen-bond acceptors (Lipinski definition) is 3. The molecule has 0 N–H and O–H groups in total. The highest BCUT2D eigenvalue weighted by atomic mass is 16.5. The van der Waals surface area contributed by atoms with Gasteiger partial charge in [-0.05, 0) is 68.8 Å². The summed E-state index contributed by atoms with van der Waals surface area (Å²) in [5.41, 5.74) is 2.33. The number of nitrogens with zero attached hydrogens (tertiary/aromatic N) is 2. The van der Waals surface area contributed by atoms with Crippen LogP contribution in [0.15, 0.2) is 18.2 Å². The Morgan fingerprint density at radius 2 is 1.83 bits per heavy atom. The van der Waals surface area contributed by atoms with Crippen molar-refractivity contribution in [3.8, 4) is 5.75 Å². The maximum Gasteiger partial charge on any atom is 0.260 e. The van der Waals surface area contributed by atoms with Gasteiger partial charge in [0.05, 0.1) is 0 Å². The van der Waals surface area contributed by atoms with Gasteiger partial charge in [-0.25, -0.2) is 0 Å². The molecule has 23 heavy (non-hydrogen) atoms. The quantitative estimate of drug-likeness (QED) is 0.837. The van der Waals surface area contributed by atoms with Gasteiger partial charge in [0.2, 0.25) is 0 Å². The second-order valence-corrected chi connectivity index (χ2v) is 7.09. The molecular weight excluding hydrogens is 288 g/mol. The molecule has 2 aliphatic rings. The lowest BCUT2D eigenvalue weighted by molar-refractivity contribution is -0.133. The van der Waals surface area contributed by atoms with E-state index in [1.807, 2.05) is 30.9 Å². The molecule has 126 valence electrons. The Bertz CT molecular complexity index is 534. The van der Waals surface area contributed by atoms with E-state index in [1.165, 1.54) is 19.4 Å². The third kappa shape index (κ3) is 4.96. The zero-order valence-electron chi connectivity index (χ0n) is 14.4. The summed E-state index contributed by atoms with van der Waals surface area (Å²) in [6.45, 7) is 9.28. The molecule has 0 bridgehead atoms. The van der Waals surface area contributed by atoms with Gasteiger partial charge in [-0.2, -0.15) is 0 Å². The minimum atomic E-state index is 0.109. The first-order valence-electron chi connectivity index (χ1n) is 8.81. The average Bonchev–Trinajstić information content (AvgIpc) is 3.32. The fourth-order valence-corrected chi connectivity index (χ4v) is 3.32. The van der Waals surface area contributed by atoms with Crippen LogP contribution in [0.5, 0.6) is 5.75 Å². The predicted octanol–water partition coefficient (Wildman–Crippen LogP) is 2.63. The summed E-state index contributed by atoms with van der Waals surface area (Å²) in [7, 11) is 0. The van der Waals surface area contributed by atoms with Crippen LogP contribution in [-0.4, -0.2) is 55.0 Å². The van der Waals surface area contributed by atoms with E-state index in [2.05, 4.69) is 11.0 Å². The lowest BCUT2D eigenvalue weighted by Crippen LogP contribution is -2.38. The van der Waals surface area contributed by atoms with Gasteiger partial charge in [0.15, 0.2) is 6.61 Å². The summed E-state index contributed by atoms with van der Waals surface area (Å²) in [4.78, 5) is 16.9. The molecule has 1 heterocycles. The molecule has 1 aromatic rings. The summed E-state index contributed by atoms with van der Waals surface area (Å²) in [6.07, 6.45) is 3.85. The molecule has 1 amide bonds. The number of hydrogen-bond donors (Lipinski definition) is 0. The van der Waals surface area contributed by atoms with Crippen molar-refractivity contribution in [1.82, 2.24) is 9.80 Å². The van der Waals surface area contributed by atoms with Gasteiger partial charge in [0.25, 0.3) is 5.91 Å². The molecule has 4 heteroatoms. The van der Waals surface area contributed by atoms with E-state index in [0.29, 0.717) is 0 Å². The van der Waals surface area contributed by atoms with Crippen molar-refractivity contribution in [2.24, 2.45) is 5.92 Å². The molecule has 4 nitrogen and oxygen atoms in total. The Kier molecular flexibility index (Phi) is 5.21. The molecule has 1 saturated carbocycles. The van der Waals surface area contributed by atoms with Crippen molar-refractivity contribution in [3.05, 3.63) is 29.3 Å². The Morgan fingerprint density at radius 3 is 2.52 bits per heavy atom. The van der Waals surface area contributed by atoms with Gasteiger partial charge >= 0.3 is 0 Å². The number of carbonyl (C=O) groups excluding carboxylic acids is 1. The Labute approximate surface area is 139 Å². The maximum atomic E-state index is 12.4. The lowest BCUT2D eigenvalue weighted by atomic mass is 10.1. The summed E-state index contributed by atoms with van der Waals surface area (Å²) < 4.78 is 5.72. The summed E-state index contributed by atoms with van der Waals surface area (Å²) in [6, 6.07) is 6.08. The first kappa shape index (κ1) is 16.3. The zero-order chi connectivity index (χ0) is 16.2. The van der Waals surface area contributed by atoms with E-state index in [1.54, 1.807) is 0 Å². The molecule has 0 radical (unpaired) electrons. The Balaban J connectivity index is 1.47. The highest BCUT2D eigenvalue weighted by molar-refractivity contribution is 5.77. The van der Waals surface area contributed by atoms with Gasteiger partial charge < -0.3 is 14.5 Å². The van der Waals surface area contributed by atoms with E-state index in [0.717, 1.165) is 55.4 Å². The Morgan fingerprint density at radius 1 is 1.09 bits per heavy atom. The van der Waals surface area contributed by atoms with Gasteiger partial charge in [0.1, 0.15) is 5.75 Å². The van der Waals surface area contributed by atoms with Gasteiger partial charge in [0, 0.05) is 26.2 Å². The van der Waals surface area contributed by atoms with E-state index < -0.39 is 0 Å². The second kappa shape index (κ2) is 7.35. The molecule has 1 aromatic carbocycles. The number of rotatable bonds is 5. The van der Waals surface area contributed by atoms with Crippen molar-refractivity contribution >= 4 is 5.91 Å². The van der Waals surface area contributed by atoms with Crippen molar-refractivity contribution in [3.63, 3.8) is 0 Å². The molecule has 1 aliphatic carbocycles. The van der Waals surface area contributed by atoms with Crippen LogP contribution >= 0.6 is 0 Å². The second-order valence-electron chi connectivity index (χ2n) is 7.09. The monoisotopic (exact) mass is 316 g/mol. The molecule has 1 aliphatic heterocycles. The largest absolute Gasteiger partial charge is 0.484 e. The average molecular weight is 316 g/mol. The molecule has 2 fully saturated rings. The van der Waals surface area contributed by atoms with E-state index in [4.69, 9.17) is 4.74 Å². The summed E-state index contributed by atoms with van der Waals surface area (Å²) >= 11 is 0. The van der Waals surface area contributed by atoms with E-state index in [9.17, 15) is 4.79 Å². The Hall–Kier alpha value is -1.55. The third-order valence-corrected chi connectivity index (χ3v) is 4.71. The first-order chi connectivity index (χ1) is 11.1. The molecule has 0 unspecified atom stereocenters. The topological polar surface area (TPSA) is 32.8 Å². The lowest BCUT2D eigenvalue weighted by Gasteiger charge is -2.22. The van der Waals surface area contributed by atoms with Crippen molar-refractivity contribution in [1.29, 1.82) is 0 Å². The highest BCUT2D eigenvalue weighted by Crippen LogP contribution is 2.29. The van der Waals surface area contributed by atoms with Crippen LogP contribution in [0.25, 0.3) is 0 Å². The number of benzene rings is 1. The van der Waals surface area contributed by atoms with E-state index >= 15 is 0 Å². The SMILES string of the molecule is Cc1cc(C)cc(OCC(=O)N2CCCN(CC3CC3)CC2)c1. The number of amides is 1. The van der Waals surface area contributed by atoms with Crippen LogP contribution in [0.1, 0.15) is 30.4 Å². The number of aryl methyl sites for hydroxylation is 2. The summed E-state index contributed by atoms with van der Waals surface area (Å²) in [5, 5.41) is 0. The van der Waals surface area contributed by atoms with Gasteiger partial charge in [-0.3, -0.25) is 4.79 Å². The normalized spacial score (nSPS) is 19.5. The highest BCUT2D eigenvalue weighted by Gasteiger charge is 2.26. The zero-order valence-corrected chi connectivity index (χ0v) is 14.4. The minimum absolute atomic E-state index is 0.109. The maximum absolute atomic E-state index is 12.4. The van der Waals surface area contributed by atoms with E-state index in [-0.39, 0.29) is 12.5 Å². The summed E-state index contributed by atoms with van der Waals surface area (Å²) in [5.74, 6) is 1.82. The van der Waals surface area contributed by atoms with Crippen molar-refractivity contribution in [2.75, 3.05) is 39.3 Å². The molecule has 3 rings (SSSR count). The van der Waals surface area contributed by atoms with Crippen LogP contribution in [0.3, 0.4) is 0 Å². The molecule has 0 aromatic heterocycles. The van der Waals surface area contributed by atoms with Gasteiger partial charge in [-0.1, -0.05) is 6.07 Å². The predicted molar refractivity (Wildman–Crippen MR) is 91.8 cm³/mol. The minimum Gasteiger partial charge on any atom is -0.484 e. The number of carbonyl (C=O) groups is 1. The standard InChI is InChI=1S/C19H28N2O2/c1-15-10-16(2)12-18(11-15)23-14-19(22)21-7-3-6-20(8-9-21)13-17-4-5-17/h10-12,17H,3-9,13-14H2,1-2H3. The van der Waals surface area contributed by atoms with Crippen LogP contribution in [0.2, 0.25) is 0 Å². The fraction of sp³-hybridized carbons (Fsp3) is 0.632. The first-order valence-corrected chi connectivity index (χ1v) is 8.81. The fourth-order valence-electron chi connectivity index (χ4n) is 3.32. The van der Waals surface area contributed by atoms with Crippen LogP contribution in [0.4, 0.5) is 0 Å². The van der Waals surface area contributed by atoms with Crippen LogP contribution in [-0.2, 0) is 4.79 Å². The van der Waals surface area contributed by atoms with Crippen molar-refractivity contribution in [2.45, 2.75) is 33.1 Å². The number of ether oxygens (including phenoxy) is 1. The van der Waals surface area contributed by atoms with Crippen molar-refractivity contribution < 1.29 is 9.53 Å². The third-order valence-electron chi connectivity index (χ3n) is 4.71.